The third-order valence-corrected chi connectivity index (χ3v) is 3.14. The van der Waals surface area contributed by atoms with Crippen LogP contribution in [0.5, 0.6) is 5.75 Å². The maximum Gasteiger partial charge on any atom is 0.387 e. The number of benzene rings is 2. The first-order valence-electron chi connectivity index (χ1n) is 6.15. The molecule has 0 atom stereocenters. The highest BCUT2D eigenvalue weighted by molar-refractivity contribution is 6.43. The van der Waals surface area contributed by atoms with Crippen molar-refractivity contribution in [3.05, 3.63) is 42.0 Å². The number of ketones is 1. The standard InChI is InChI=1S/C15H8F2O5/c16-15(17)22-10-6-5-8(12(18)14(19)20)11-7-3-1-2-4-9(7)21-13(10)11/h1-6,15H,(H,19,20). The molecule has 2 aromatic carbocycles. The van der Waals surface area contributed by atoms with Crippen LogP contribution in [0.15, 0.2) is 40.8 Å². The van der Waals surface area contributed by atoms with Crippen molar-refractivity contribution in [3.8, 4) is 5.75 Å². The summed E-state index contributed by atoms with van der Waals surface area (Å²) in [6.45, 7) is -3.07. The predicted molar refractivity (Wildman–Crippen MR) is 72.3 cm³/mol. The normalized spacial score (nSPS) is 11.2. The maximum atomic E-state index is 12.5. The molecule has 0 saturated heterocycles. The van der Waals surface area contributed by atoms with Crippen LogP contribution in [0.1, 0.15) is 10.4 Å². The van der Waals surface area contributed by atoms with Gasteiger partial charge in [-0.1, -0.05) is 18.2 Å². The van der Waals surface area contributed by atoms with Crippen molar-refractivity contribution in [2.75, 3.05) is 0 Å². The summed E-state index contributed by atoms with van der Waals surface area (Å²) in [5.41, 5.74) is 0.102. The van der Waals surface area contributed by atoms with Crippen molar-refractivity contribution in [3.63, 3.8) is 0 Å². The second-order valence-electron chi connectivity index (χ2n) is 4.43. The van der Waals surface area contributed by atoms with Crippen molar-refractivity contribution in [1.82, 2.24) is 0 Å². The fourth-order valence-electron chi connectivity index (χ4n) is 2.30. The van der Waals surface area contributed by atoms with Gasteiger partial charge >= 0.3 is 12.6 Å². The van der Waals surface area contributed by atoms with Gasteiger partial charge in [0.2, 0.25) is 0 Å². The molecule has 3 aromatic rings. The Morgan fingerprint density at radius 1 is 1.14 bits per heavy atom. The minimum absolute atomic E-state index is 0.0893. The summed E-state index contributed by atoms with van der Waals surface area (Å²) in [6, 6.07) is 8.73. The first-order chi connectivity index (χ1) is 10.5. The molecule has 0 aliphatic heterocycles. The van der Waals surface area contributed by atoms with Crippen LogP contribution in [0.4, 0.5) is 8.78 Å². The third-order valence-electron chi connectivity index (χ3n) is 3.14. The molecule has 0 aliphatic carbocycles. The zero-order chi connectivity index (χ0) is 15.9. The summed E-state index contributed by atoms with van der Waals surface area (Å²) in [5.74, 6) is -3.06. The second kappa shape index (κ2) is 5.10. The number of hydrogen-bond acceptors (Lipinski definition) is 4. The van der Waals surface area contributed by atoms with Gasteiger partial charge in [-0.15, -0.1) is 0 Å². The highest BCUT2D eigenvalue weighted by Crippen LogP contribution is 2.37. The van der Waals surface area contributed by atoms with Crippen molar-refractivity contribution in [2.45, 2.75) is 6.61 Å². The highest BCUT2D eigenvalue weighted by Gasteiger charge is 2.24. The Bertz CT molecular complexity index is 897. The number of furan rings is 1. The molecule has 5 nitrogen and oxygen atoms in total. The Morgan fingerprint density at radius 2 is 1.86 bits per heavy atom. The topological polar surface area (TPSA) is 76.7 Å². The molecule has 0 saturated carbocycles. The van der Waals surface area contributed by atoms with E-state index in [4.69, 9.17) is 9.52 Å². The van der Waals surface area contributed by atoms with Gasteiger partial charge in [-0.3, -0.25) is 4.79 Å². The maximum absolute atomic E-state index is 12.5. The molecule has 22 heavy (non-hydrogen) atoms. The molecule has 0 radical (unpaired) electrons. The van der Waals surface area contributed by atoms with E-state index in [1.54, 1.807) is 24.3 Å². The fourth-order valence-corrected chi connectivity index (χ4v) is 2.30. The van der Waals surface area contributed by atoms with Crippen molar-refractivity contribution < 1.29 is 32.6 Å². The average Bonchev–Trinajstić information content (AvgIpc) is 2.86. The largest absolute Gasteiger partial charge is 0.475 e. The number of carboxylic acids is 1. The molecule has 112 valence electrons. The Hall–Kier alpha value is -2.96. The SMILES string of the molecule is O=C(O)C(=O)c1ccc(OC(F)F)c2oc3ccccc3c12. The van der Waals surface area contributed by atoms with E-state index in [2.05, 4.69) is 4.74 Å². The monoisotopic (exact) mass is 306 g/mol. The number of halogens is 2. The van der Waals surface area contributed by atoms with Crippen LogP contribution in [0.25, 0.3) is 21.9 Å². The molecule has 0 unspecified atom stereocenters. The number of carbonyl (C=O) groups is 2. The summed E-state index contributed by atoms with van der Waals surface area (Å²) in [5, 5.41) is 9.47. The number of para-hydroxylation sites is 1. The zero-order valence-corrected chi connectivity index (χ0v) is 10.9. The molecule has 0 fully saturated rings. The molecule has 0 aliphatic rings. The summed E-state index contributed by atoms with van der Waals surface area (Å²) in [7, 11) is 0. The lowest BCUT2D eigenvalue weighted by Gasteiger charge is -2.06. The van der Waals surface area contributed by atoms with Crippen LogP contribution in [-0.2, 0) is 4.79 Å². The molecule has 1 aromatic heterocycles. The second-order valence-corrected chi connectivity index (χ2v) is 4.43. The summed E-state index contributed by atoms with van der Waals surface area (Å²) in [6.07, 6.45) is 0. The van der Waals surface area contributed by atoms with Gasteiger partial charge in [-0.05, 0) is 18.2 Å². The molecule has 0 spiro atoms. The molecular weight excluding hydrogens is 298 g/mol. The smallest absolute Gasteiger partial charge is 0.387 e. The van der Waals surface area contributed by atoms with E-state index >= 15 is 0 Å². The predicted octanol–water partition coefficient (Wildman–Crippen LogP) is 3.45. The Labute approximate surface area is 121 Å². The van der Waals surface area contributed by atoms with E-state index in [-0.39, 0.29) is 22.3 Å². The van der Waals surface area contributed by atoms with Gasteiger partial charge in [0.25, 0.3) is 5.78 Å². The van der Waals surface area contributed by atoms with Crippen LogP contribution >= 0.6 is 0 Å². The average molecular weight is 306 g/mol. The van der Waals surface area contributed by atoms with Gasteiger partial charge < -0.3 is 14.3 Å². The van der Waals surface area contributed by atoms with Crippen LogP contribution in [0, 0.1) is 0 Å². The van der Waals surface area contributed by atoms with Crippen LogP contribution < -0.4 is 4.74 Å². The number of hydrogen-bond donors (Lipinski definition) is 1. The number of fused-ring (bicyclic) bond motifs is 3. The van der Waals surface area contributed by atoms with Gasteiger partial charge in [-0.2, -0.15) is 8.78 Å². The molecule has 0 bridgehead atoms. The van der Waals surface area contributed by atoms with E-state index in [0.29, 0.717) is 11.0 Å². The van der Waals surface area contributed by atoms with E-state index in [0.717, 1.165) is 12.1 Å². The summed E-state index contributed by atoms with van der Waals surface area (Å²) < 4.78 is 34.8. The lowest BCUT2D eigenvalue weighted by atomic mass is 10.0. The number of carboxylic acid groups (broad SMARTS) is 1. The highest BCUT2D eigenvalue weighted by atomic mass is 19.3. The van der Waals surface area contributed by atoms with Gasteiger partial charge in [-0.25, -0.2) is 4.79 Å². The van der Waals surface area contributed by atoms with Crippen molar-refractivity contribution in [1.29, 1.82) is 0 Å². The van der Waals surface area contributed by atoms with Gasteiger partial charge in [0.1, 0.15) is 5.58 Å². The Morgan fingerprint density at radius 3 is 2.55 bits per heavy atom. The molecule has 0 amide bonds. The Balaban J connectivity index is 2.39. The third kappa shape index (κ3) is 2.16. The minimum Gasteiger partial charge on any atom is -0.475 e. The van der Waals surface area contributed by atoms with Gasteiger partial charge in [0.15, 0.2) is 11.3 Å². The van der Waals surface area contributed by atoms with E-state index in [9.17, 15) is 18.4 Å². The van der Waals surface area contributed by atoms with Crippen molar-refractivity contribution in [2.24, 2.45) is 0 Å². The first kappa shape index (κ1) is 14.0. The molecule has 1 N–H and O–H groups in total. The van der Waals surface area contributed by atoms with Crippen molar-refractivity contribution >= 4 is 33.7 Å². The van der Waals surface area contributed by atoms with Crippen LogP contribution in [0.3, 0.4) is 0 Å². The number of aliphatic carboxylic acids is 1. The molecule has 7 heteroatoms. The Kier molecular flexibility index (Phi) is 3.25. The van der Waals surface area contributed by atoms with E-state index in [1.165, 1.54) is 0 Å². The number of carbonyl (C=O) groups excluding carboxylic acids is 1. The van der Waals surface area contributed by atoms with Gasteiger partial charge in [0, 0.05) is 16.3 Å². The zero-order valence-electron chi connectivity index (χ0n) is 10.9. The van der Waals surface area contributed by atoms with Crippen LogP contribution in [0.2, 0.25) is 0 Å². The quantitative estimate of drug-likeness (QED) is 0.590. The number of alkyl halides is 2. The number of Topliss-reactive ketones (excluding diaryl/α,β-unsaturated/α-hetero) is 1. The molecule has 1 heterocycles. The number of ether oxygens (including phenoxy) is 1. The van der Waals surface area contributed by atoms with E-state index in [1.807, 2.05) is 0 Å². The number of rotatable bonds is 4. The lowest BCUT2D eigenvalue weighted by molar-refractivity contribution is -0.131. The minimum atomic E-state index is -3.07. The summed E-state index contributed by atoms with van der Waals surface area (Å²) >= 11 is 0. The van der Waals surface area contributed by atoms with Crippen LogP contribution in [-0.4, -0.2) is 23.5 Å². The van der Waals surface area contributed by atoms with E-state index < -0.39 is 18.4 Å². The first-order valence-corrected chi connectivity index (χ1v) is 6.15. The molecule has 3 rings (SSSR count). The lowest BCUT2D eigenvalue weighted by Crippen LogP contribution is -2.13. The summed E-state index contributed by atoms with van der Waals surface area (Å²) in [4.78, 5) is 22.7. The molecular formula is C15H8F2O5. The fraction of sp³-hybridized carbons (Fsp3) is 0.0667. The van der Waals surface area contributed by atoms with Gasteiger partial charge in [0.05, 0.1) is 0 Å².